The van der Waals surface area contributed by atoms with Crippen molar-refractivity contribution in [3.63, 3.8) is 0 Å². The number of ether oxygens (including phenoxy) is 1. The van der Waals surface area contributed by atoms with Gasteiger partial charge in [-0.1, -0.05) is 67.6 Å². The van der Waals surface area contributed by atoms with Crippen molar-refractivity contribution in [2.45, 2.75) is 32.9 Å². The smallest absolute Gasteiger partial charge is 0.322 e. The van der Waals surface area contributed by atoms with Crippen LogP contribution in [0.5, 0.6) is 5.75 Å². The van der Waals surface area contributed by atoms with Crippen LogP contribution >= 0.6 is 0 Å². The number of nitrogens with one attached hydrogen (secondary N) is 1. The van der Waals surface area contributed by atoms with Gasteiger partial charge in [0.1, 0.15) is 12.4 Å². The topological polar surface area (TPSA) is 54.5 Å². The fourth-order valence-corrected chi connectivity index (χ4v) is 3.77. The van der Waals surface area contributed by atoms with Crippen LogP contribution in [0.4, 0.5) is 10.5 Å². The van der Waals surface area contributed by atoms with Gasteiger partial charge in [-0.25, -0.2) is 4.79 Å². The summed E-state index contributed by atoms with van der Waals surface area (Å²) in [5.41, 5.74) is 5.10. The second-order valence-electron chi connectivity index (χ2n) is 8.39. The van der Waals surface area contributed by atoms with E-state index in [4.69, 9.17) is 4.74 Å². The minimum Gasteiger partial charge on any atom is -0.489 e. The maximum Gasteiger partial charge on any atom is 0.322 e. The van der Waals surface area contributed by atoms with Gasteiger partial charge in [0.2, 0.25) is 0 Å². The third-order valence-electron chi connectivity index (χ3n) is 5.78. The van der Waals surface area contributed by atoms with E-state index in [1.165, 1.54) is 5.56 Å². The molecule has 3 aromatic carbocycles. The molecule has 0 fully saturated rings. The average Bonchev–Trinajstić information content (AvgIpc) is 2.91. The molecule has 0 bridgehead atoms. The van der Waals surface area contributed by atoms with Crippen LogP contribution in [0, 0.1) is 0 Å². The van der Waals surface area contributed by atoms with Crippen LogP contribution in [-0.4, -0.2) is 22.5 Å². The van der Waals surface area contributed by atoms with Crippen molar-refractivity contribution in [3.8, 4) is 5.75 Å². The van der Waals surface area contributed by atoms with Crippen molar-refractivity contribution in [1.82, 2.24) is 9.88 Å². The highest BCUT2D eigenvalue weighted by molar-refractivity contribution is 5.89. The number of rotatable bonds is 10. The van der Waals surface area contributed by atoms with Crippen LogP contribution in [-0.2, 0) is 26.0 Å². The molecule has 0 unspecified atom stereocenters. The number of carbonyl (C=O) groups is 1. The largest absolute Gasteiger partial charge is 0.489 e. The summed E-state index contributed by atoms with van der Waals surface area (Å²) in [6.45, 7) is 3.63. The Morgan fingerprint density at radius 2 is 1.63 bits per heavy atom. The highest BCUT2D eigenvalue weighted by atomic mass is 16.5. The first-order valence-corrected chi connectivity index (χ1v) is 12.0. The number of pyridine rings is 1. The van der Waals surface area contributed by atoms with Gasteiger partial charge in [-0.2, -0.15) is 0 Å². The third kappa shape index (κ3) is 7.44. The van der Waals surface area contributed by atoms with Gasteiger partial charge in [-0.05, 0) is 59.5 Å². The van der Waals surface area contributed by atoms with Crippen molar-refractivity contribution in [3.05, 3.63) is 126 Å². The van der Waals surface area contributed by atoms with Crippen LogP contribution in [0.3, 0.4) is 0 Å². The number of nitrogens with zero attached hydrogens (tertiary/aromatic N) is 2. The Morgan fingerprint density at radius 3 is 2.37 bits per heavy atom. The molecule has 0 aliphatic rings. The zero-order valence-electron chi connectivity index (χ0n) is 20.1. The summed E-state index contributed by atoms with van der Waals surface area (Å²) >= 11 is 0. The van der Waals surface area contributed by atoms with E-state index in [1.807, 2.05) is 102 Å². The molecule has 4 rings (SSSR count). The molecule has 4 aromatic rings. The highest BCUT2D eigenvalue weighted by Crippen LogP contribution is 2.18. The number of benzene rings is 3. The molecular weight excluding hydrogens is 434 g/mol. The summed E-state index contributed by atoms with van der Waals surface area (Å²) in [5, 5.41) is 3.05. The fraction of sp³-hybridized carbons (Fsp3) is 0.200. The summed E-state index contributed by atoms with van der Waals surface area (Å²) in [6, 6.07) is 31.7. The maximum absolute atomic E-state index is 13.3. The Kier molecular flexibility index (Phi) is 8.49. The zero-order valence-corrected chi connectivity index (χ0v) is 20.1. The van der Waals surface area contributed by atoms with Gasteiger partial charge in [-0.15, -0.1) is 0 Å². The summed E-state index contributed by atoms with van der Waals surface area (Å²) in [7, 11) is 0. The summed E-state index contributed by atoms with van der Waals surface area (Å²) in [4.78, 5) is 19.5. The van der Waals surface area contributed by atoms with Gasteiger partial charge in [0.15, 0.2) is 0 Å². The highest BCUT2D eigenvalue weighted by Gasteiger charge is 2.15. The summed E-state index contributed by atoms with van der Waals surface area (Å²) in [5.74, 6) is 0.784. The molecule has 35 heavy (non-hydrogen) atoms. The van der Waals surface area contributed by atoms with E-state index in [1.54, 1.807) is 6.20 Å². The van der Waals surface area contributed by atoms with Gasteiger partial charge in [0.25, 0.3) is 0 Å². The molecule has 0 aliphatic heterocycles. The normalized spacial score (nSPS) is 10.5. The molecule has 1 heterocycles. The average molecular weight is 466 g/mol. The lowest BCUT2D eigenvalue weighted by atomic mass is 10.1. The maximum atomic E-state index is 13.3. The van der Waals surface area contributed by atoms with E-state index < -0.39 is 0 Å². The molecule has 0 atom stereocenters. The van der Waals surface area contributed by atoms with Crippen LogP contribution in [0.2, 0.25) is 0 Å². The Balaban J connectivity index is 1.45. The molecule has 2 amide bonds. The number of hydrogen-bond donors (Lipinski definition) is 1. The van der Waals surface area contributed by atoms with Crippen molar-refractivity contribution in [2.24, 2.45) is 0 Å². The lowest BCUT2D eigenvalue weighted by Crippen LogP contribution is -2.36. The molecule has 1 aromatic heterocycles. The molecule has 0 aliphatic carbocycles. The Bertz CT molecular complexity index is 1200. The number of amides is 2. The van der Waals surface area contributed by atoms with E-state index in [0.29, 0.717) is 26.1 Å². The van der Waals surface area contributed by atoms with E-state index >= 15 is 0 Å². The van der Waals surface area contributed by atoms with Crippen LogP contribution in [0.15, 0.2) is 103 Å². The minimum atomic E-state index is -0.138. The lowest BCUT2D eigenvalue weighted by Gasteiger charge is -2.23. The second-order valence-corrected chi connectivity index (χ2v) is 8.39. The molecule has 0 saturated heterocycles. The summed E-state index contributed by atoms with van der Waals surface area (Å²) in [6.07, 6.45) is 3.42. The lowest BCUT2D eigenvalue weighted by molar-refractivity contribution is 0.209. The molecule has 178 valence electrons. The predicted octanol–water partition coefficient (Wildman–Crippen LogP) is 6.50. The van der Waals surface area contributed by atoms with Crippen molar-refractivity contribution >= 4 is 11.7 Å². The minimum absolute atomic E-state index is 0.138. The Hall–Kier alpha value is -4.12. The van der Waals surface area contributed by atoms with Gasteiger partial charge in [0, 0.05) is 37.1 Å². The fourth-order valence-electron chi connectivity index (χ4n) is 3.77. The number of urea groups is 1. The van der Waals surface area contributed by atoms with Crippen molar-refractivity contribution in [2.75, 3.05) is 11.9 Å². The number of aryl methyl sites for hydroxylation is 1. The molecular formula is C30H31N3O2. The number of aromatic nitrogens is 1. The molecule has 0 saturated carbocycles. The molecule has 0 radical (unpaired) electrons. The van der Waals surface area contributed by atoms with E-state index in [2.05, 4.69) is 17.2 Å². The predicted molar refractivity (Wildman–Crippen MR) is 140 cm³/mol. The van der Waals surface area contributed by atoms with Crippen molar-refractivity contribution < 1.29 is 9.53 Å². The van der Waals surface area contributed by atoms with Gasteiger partial charge in [-0.3, -0.25) is 4.98 Å². The van der Waals surface area contributed by atoms with E-state index in [-0.39, 0.29) is 6.03 Å². The second kappa shape index (κ2) is 12.4. The van der Waals surface area contributed by atoms with Crippen LogP contribution in [0.25, 0.3) is 0 Å². The molecule has 5 nitrogen and oxygen atoms in total. The molecule has 5 heteroatoms. The Labute approximate surface area is 207 Å². The molecule has 0 spiro atoms. The monoisotopic (exact) mass is 465 g/mol. The number of anilines is 1. The summed E-state index contributed by atoms with van der Waals surface area (Å²) < 4.78 is 5.99. The third-order valence-corrected chi connectivity index (χ3v) is 5.78. The molecule has 1 N–H and O–H groups in total. The number of hydrogen-bond acceptors (Lipinski definition) is 3. The van der Waals surface area contributed by atoms with Gasteiger partial charge < -0.3 is 15.0 Å². The SMILES string of the molecule is CCc1ccc(NC(=O)N(CCc2ccccn2)Cc2cccc(OCc3ccccc3)c2)cc1. The van der Waals surface area contributed by atoms with Crippen molar-refractivity contribution in [1.29, 1.82) is 0 Å². The quantitative estimate of drug-likeness (QED) is 0.291. The first-order chi connectivity index (χ1) is 17.2. The van der Waals surface area contributed by atoms with E-state index in [0.717, 1.165) is 34.7 Å². The van der Waals surface area contributed by atoms with Crippen LogP contribution in [0.1, 0.15) is 29.3 Å². The first-order valence-electron chi connectivity index (χ1n) is 12.0. The van der Waals surface area contributed by atoms with Gasteiger partial charge in [0.05, 0.1) is 0 Å². The number of carbonyl (C=O) groups excluding carboxylic acids is 1. The van der Waals surface area contributed by atoms with Gasteiger partial charge >= 0.3 is 6.03 Å². The van der Waals surface area contributed by atoms with E-state index in [9.17, 15) is 4.79 Å². The Morgan fingerprint density at radius 1 is 0.857 bits per heavy atom. The zero-order chi connectivity index (χ0) is 24.3. The standard InChI is InChI=1S/C30H31N3O2/c1-2-24-14-16-28(17-15-24)32-30(34)33(20-18-27-12-6-7-19-31-27)22-26-11-8-13-29(21-26)35-23-25-9-4-3-5-10-25/h3-17,19,21H,2,18,20,22-23H2,1H3,(H,32,34). The first kappa shape index (κ1) is 24.0. The van der Waals surface area contributed by atoms with Crippen LogP contribution < -0.4 is 10.1 Å².